The molecule has 6 nitrogen and oxygen atoms in total. The average Bonchev–Trinajstić information content (AvgIpc) is 3.64. The van der Waals surface area contributed by atoms with Crippen LogP contribution in [-0.2, 0) is 9.59 Å². The van der Waals surface area contributed by atoms with Crippen molar-refractivity contribution in [3.8, 4) is 16.9 Å². The first-order valence-electron chi connectivity index (χ1n) is 11.3. The van der Waals surface area contributed by atoms with Crippen molar-refractivity contribution in [3.05, 3.63) is 78.5 Å². The first-order valence-corrected chi connectivity index (χ1v) is 12.4. The van der Waals surface area contributed by atoms with Crippen LogP contribution >= 0.6 is 11.8 Å². The fraction of sp³-hybridized carbons (Fsp3) is 0.269. The lowest BCUT2D eigenvalue weighted by Crippen LogP contribution is -2.47. The molecule has 3 aromatic rings. The highest BCUT2D eigenvalue weighted by atomic mass is 32.2. The molecule has 1 unspecified atom stereocenters. The van der Waals surface area contributed by atoms with E-state index in [1.165, 1.54) is 0 Å². The topological polar surface area (TPSA) is 58.4 Å². The van der Waals surface area contributed by atoms with Crippen LogP contribution in [-0.4, -0.2) is 62.2 Å². The molecule has 168 valence electrons. The van der Waals surface area contributed by atoms with Gasteiger partial charge in [0.25, 0.3) is 0 Å². The number of rotatable bonds is 5. The number of amides is 2. The summed E-state index contributed by atoms with van der Waals surface area (Å²) in [4.78, 5) is 29.6. The number of para-hydroxylation sites is 1. The Kier molecular flexibility index (Phi) is 6.30. The monoisotopic (exact) mass is 458 g/mol. The SMILES string of the molecule is O=C(C1CSCN1C(=O)/C=C/c1cn(-c2ccccc2)nc1-c1ccccc1)N1CCCC1. The zero-order valence-corrected chi connectivity index (χ0v) is 19.2. The number of aromatic nitrogens is 2. The number of hydrogen-bond acceptors (Lipinski definition) is 4. The summed E-state index contributed by atoms with van der Waals surface area (Å²) < 4.78 is 1.83. The lowest BCUT2D eigenvalue weighted by molar-refractivity contribution is -0.140. The quantitative estimate of drug-likeness (QED) is 0.541. The van der Waals surface area contributed by atoms with Crippen LogP contribution in [0.2, 0.25) is 0 Å². The van der Waals surface area contributed by atoms with Crippen LogP contribution in [0.15, 0.2) is 72.9 Å². The molecule has 7 heteroatoms. The predicted octanol–water partition coefficient (Wildman–Crippen LogP) is 4.08. The summed E-state index contributed by atoms with van der Waals surface area (Å²) in [5, 5.41) is 4.80. The Labute approximate surface area is 197 Å². The van der Waals surface area contributed by atoms with Gasteiger partial charge in [-0.2, -0.15) is 5.10 Å². The van der Waals surface area contributed by atoms with Crippen LogP contribution in [0, 0.1) is 0 Å². The van der Waals surface area contributed by atoms with E-state index in [-0.39, 0.29) is 17.9 Å². The number of likely N-dealkylation sites (tertiary alicyclic amines) is 1. The lowest BCUT2D eigenvalue weighted by atomic mass is 10.1. The van der Waals surface area contributed by atoms with Gasteiger partial charge in [0.05, 0.1) is 17.3 Å². The van der Waals surface area contributed by atoms with Crippen molar-refractivity contribution >= 4 is 29.7 Å². The van der Waals surface area contributed by atoms with E-state index in [9.17, 15) is 9.59 Å². The van der Waals surface area contributed by atoms with E-state index in [1.807, 2.05) is 82.5 Å². The molecule has 5 rings (SSSR count). The Bertz CT molecular complexity index is 1150. The Morgan fingerprint density at radius 3 is 2.39 bits per heavy atom. The maximum atomic E-state index is 13.1. The molecule has 0 bridgehead atoms. The molecule has 0 aliphatic carbocycles. The van der Waals surface area contributed by atoms with E-state index >= 15 is 0 Å². The minimum atomic E-state index is -0.370. The lowest BCUT2D eigenvalue weighted by Gasteiger charge is -2.26. The third-order valence-corrected chi connectivity index (χ3v) is 7.10. The highest BCUT2D eigenvalue weighted by Crippen LogP contribution is 2.27. The summed E-state index contributed by atoms with van der Waals surface area (Å²) in [6, 6.07) is 19.5. The largest absolute Gasteiger partial charge is 0.341 e. The van der Waals surface area contributed by atoms with E-state index < -0.39 is 0 Å². The number of carbonyl (C=O) groups excluding carboxylic acids is 2. The number of benzene rings is 2. The first kappa shape index (κ1) is 21.5. The summed E-state index contributed by atoms with van der Waals surface area (Å²) in [5.41, 5.74) is 3.60. The molecule has 0 spiro atoms. The molecule has 2 fully saturated rings. The fourth-order valence-corrected chi connectivity index (χ4v) is 5.47. The minimum absolute atomic E-state index is 0.0844. The zero-order valence-electron chi connectivity index (χ0n) is 18.3. The Morgan fingerprint density at radius 1 is 0.970 bits per heavy atom. The molecular formula is C26H26N4O2S. The number of thioether (sulfide) groups is 1. The standard InChI is InChI=1S/C26H26N4O2S/c31-24(29-19-33-18-23(29)26(32)28-15-7-8-16-28)14-13-21-17-30(22-11-5-2-6-12-22)27-25(21)20-9-3-1-4-10-20/h1-6,9-14,17,23H,7-8,15-16,18-19H2/b14-13+. The summed E-state index contributed by atoms with van der Waals surface area (Å²) in [7, 11) is 0. The molecule has 2 aliphatic heterocycles. The van der Waals surface area contributed by atoms with Crippen LogP contribution in [0.1, 0.15) is 18.4 Å². The van der Waals surface area contributed by atoms with Gasteiger partial charge >= 0.3 is 0 Å². The van der Waals surface area contributed by atoms with Crippen LogP contribution in [0.3, 0.4) is 0 Å². The van der Waals surface area contributed by atoms with Gasteiger partial charge in [-0.3, -0.25) is 9.59 Å². The molecule has 0 radical (unpaired) electrons. The van der Waals surface area contributed by atoms with Crippen LogP contribution in [0.4, 0.5) is 0 Å². The van der Waals surface area contributed by atoms with Gasteiger partial charge in [-0.05, 0) is 31.1 Å². The van der Waals surface area contributed by atoms with Crippen molar-refractivity contribution in [2.24, 2.45) is 0 Å². The van der Waals surface area contributed by atoms with E-state index in [0.29, 0.717) is 11.6 Å². The van der Waals surface area contributed by atoms with E-state index in [1.54, 1.807) is 22.7 Å². The highest BCUT2D eigenvalue weighted by Gasteiger charge is 2.36. The Balaban J connectivity index is 1.40. The Hall–Kier alpha value is -3.32. The van der Waals surface area contributed by atoms with Crippen LogP contribution in [0.5, 0.6) is 0 Å². The van der Waals surface area contributed by atoms with Gasteiger partial charge in [0.1, 0.15) is 6.04 Å². The van der Waals surface area contributed by atoms with Crippen molar-refractivity contribution in [1.29, 1.82) is 0 Å². The minimum Gasteiger partial charge on any atom is -0.341 e. The zero-order chi connectivity index (χ0) is 22.6. The summed E-state index contributed by atoms with van der Waals surface area (Å²) in [6.07, 6.45) is 7.43. The van der Waals surface area contributed by atoms with Crippen molar-refractivity contribution in [1.82, 2.24) is 19.6 Å². The second kappa shape index (κ2) is 9.67. The third-order valence-electron chi connectivity index (χ3n) is 6.08. The number of hydrogen-bond donors (Lipinski definition) is 0. The normalized spacial score (nSPS) is 18.4. The average molecular weight is 459 g/mol. The molecular weight excluding hydrogens is 432 g/mol. The van der Waals surface area contributed by atoms with Crippen molar-refractivity contribution < 1.29 is 9.59 Å². The van der Waals surface area contributed by atoms with Gasteiger partial charge in [0.15, 0.2) is 0 Å². The molecule has 33 heavy (non-hydrogen) atoms. The molecule has 0 saturated carbocycles. The van der Waals surface area contributed by atoms with Gasteiger partial charge in [-0.15, -0.1) is 11.8 Å². The third kappa shape index (κ3) is 4.59. The van der Waals surface area contributed by atoms with Crippen molar-refractivity contribution in [2.75, 3.05) is 24.7 Å². The van der Waals surface area contributed by atoms with Crippen molar-refractivity contribution in [3.63, 3.8) is 0 Å². The predicted molar refractivity (Wildman–Crippen MR) is 132 cm³/mol. The fourth-order valence-electron chi connectivity index (χ4n) is 4.31. The maximum absolute atomic E-state index is 13.1. The highest BCUT2D eigenvalue weighted by molar-refractivity contribution is 7.99. The Morgan fingerprint density at radius 2 is 1.67 bits per heavy atom. The van der Waals surface area contributed by atoms with Crippen molar-refractivity contribution in [2.45, 2.75) is 18.9 Å². The molecule has 2 amide bonds. The maximum Gasteiger partial charge on any atom is 0.247 e. The second-order valence-corrected chi connectivity index (χ2v) is 9.27. The van der Waals surface area contributed by atoms with E-state index in [4.69, 9.17) is 5.10 Å². The smallest absolute Gasteiger partial charge is 0.247 e. The van der Waals surface area contributed by atoms with E-state index in [2.05, 4.69) is 0 Å². The number of carbonyl (C=O) groups is 2. The molecule has 1 aromatic heterocycles. The second-order valence-electron chi connectivity index (χ2n) is 8.27. The molecule has 2 saturated heterocycles. The molecule has 0 N–H and O–H groups in total. The van der Waals surface area contributed by atoms with Gasteiger partial charge in [0, 0.05) is 42.2 Å². The first-order chi connectivity index (χ1) is 16.2. The molecule has 1 atom stereocenters. The van der Waals surface area contributed by atoms with Crippen LogP contribution in [0.25, 0.3) is 23.0 Å². The number of nitrogens with zero attached hydrogens (tertiary/aromatic N) is 4. The molecule has 3 heterocycles. The molecule has 2 aliphatic rings. The van der Waals surface area contributed by atoms with Gasteiger partial charge in [-0.1, -0.05) is 48.5 Å². The van der Waals surface area contributed by atoms with Crippen LogP contribution < -0.4 is 0 Å². The van der Waals surface area contributed by atoms with Gasteiger partial charge < -0.3 is 9.80 Å². The summed E-state index contributed by atoms with van der Waals surface area (Å²) in [6.45, 7) is 1.61. The summed E-state index contributed by atoms with van der Waals surface area (Å²) in [5.74, 6) is 1.16. The van der Waals surface area contributed by atoms with E-state index in [0.717, 1.165) is 48.4 Å². The summed E-state index contributed by atoms with van der Waals surface area (Å²) >= 11 is 1.64. The van der Waals surface area contributed by atoms with Gasteiger partial charge in [-0.25, -0.2) is 4.68 Å². The molecule has 2 aromatic carbocycles. The van der Waals surface area contributed by atoms with Gasteiger partial charge in [0.2, 0.25) is 11.8 Å².